The normalized spacial score (nSPS) is 11.5. The van der Waals surface area contributed by atoms with Crippen LogP contribution in [0.3, 0.4) is 0 Å². The van der Waals surface area contributed by atoms with Gasteiger partial charge in [-0.1, -0.05) is 42.5 Å². The van der Waals surface area contributed by atoms with Crippen molar-refractivity contribution < 1.29 is 24.5 Å². The van der Waals surface area contributed by atoms with Crippen LogP contribution < -0.4 is 5.32 Å². The third-order valence-corrected chi connectivity index (χ3v) is 3.19. The Bertz CT molecular complexity index is 654. The second-order valence-corrected chi connectivity index (χ2v) is 4.89. The minimum Gasteiger partial charge on any atom is -0.478 e. The van der Waals surface area contributed by atoms with E-state index in [1.54, 1.807) is 0 Å². The zero-order valence-corrected chi connectivity index (χ0v) is 12.3. The predicted molar refractivity (Wildman–Crippen MR) is 83.0 cm³/mol. The Morgan fingerprint density at radius 1 is 1.04 bits per heavy atom. The number of hydrogen-bond donors (Lipinski definition) is 3. The van der Waals surface area contributed by atoms with E-state index in [2.05, 4.69) is 5.32 Å². The smallest absolute Gasteiger partial charge is 0.407 e. The average molecular weight is 315 g/mol. The van der Waals surface area contributed by atoms with Crippen molar-refractivity contribution in [2.24, 2.45) is 0 Å². The van der Waals surface area contributed by atoms with Gasteiger partial charge in [0.15, 0.2) is 0 Å². The van der Waals surface area contributed by atoms with Gasteiger partial charge < -0.3 is 20.3 Å². The number of hydrogen-bond acceptors (Lipinski definition) is 4. The van der Waals surface area contributed by atoms with Gasteiger partial charge in [0, 0.05) is 0 Å². The lowest BCUT2D eigenvalue weighted by Crippen LogP contribution is -2.28. The summed E-state index contributed by atoms with van der Waals surface area (Å²) in [5.41, 5.74) is 1.52. The Kier molecular flexibility index (Phi) is 5.71. The summed E-state index contributed by atoms with van der Waals surface area (Å²) in [6, 6.07) is 15.1. The van der Waals surface area contributed by atoms with Crippen LogP contribution in [0, 0.1) is 0 Å². The number of amides is 1. The average Bonchev–Trinajstić information content (AvgIpc) is 2.58. The molecule has 0 spiro atoms. The summed E-state index contributed by atoms with van der Waals surface area (Å²) < 4.78 is 5.03. The van der Waals surface area contributed by atoms with Crippen molar-refractivity contribution in [2.75, 3.05) is 6.54 Å². The number of aromatic carboxylic acids is 1. The standard InChI is InChI=1S/C17H17NO5/c19-15(13-6-8-14(9-7-13)16(20)21)10-18-17(22)23-11-12-4-2-1-3-5-12/h1-9,15,19H,10-11H2,(H,18,22)(H,20,21)/t15-/m0/s1. The zero-order valence-electron chi connectivity index (χ0n) is 12.3. The molecule has 120 valence electrons. The van der Waals surface area contributed by atoms with E-state index in [4.69, 9.17) is 9.84 Å². The Balaban J connectivity index is 1.78. The van der Waals surface area contributed by atoms with Crippen molar-refractivity contribution in [1.82, 2.24) is 5.32 Å². The molecule has 1 amide bonds. The Labute approximate surface area is 133 Å². The van der Waals surface area contributed by atoms with Gasteiger partial charge in [-0.15, -0.1) is 0 Å². The molecule has 0 fully saturated rings. The predicted octanol–water partition coefficient (Wildman–Crippen LogP) is 2.34. The maximum Gasteiger partial charge on any atom is 0.407 e. The quantitative estimate of drug-likeness (QED) is 0.760. The molecule has 2 aromatic carbocycles. The largest absolute Gasteiger partial charge is 0.478 e. The molecule has 2 aromatic rings. The number of nitrogens with one attached hydrogen (secondary N) is 1. The van der Waals surface area contributed by atoms with Crippen molar-refractivity contribution in [1.29, 1.82) is 0 Å². The number of benzene rings is 2. The molecule has 0 aromatic heterocycles. The summed E-state index contributed by atoms with van der Waals surface area (Å²) in [5, 5.41) is 21.2. The van der Waals surface area contributed by atoms with E-state index >= 15 is 0 Å². The summed E-state index contributed by atoms with van der Waals surface area (Å²) in [6.07, 6.45) is -1.57. The lowest BCUT2D eigenvalue weighted by molar-refractivity contribution is 0.0696. The molecule has 0 unspecified atom stereocenters. The van der Waals surface area contributed by atoms with Crippen molar-refractivity contribution in [2.45, 2.75) is 12.7 Å². The van der Waals surface area contributed by atoms with E-state index in [-0.39, 0.29) is 18.7 Å². The highest BCUT2D eigenvalue weighted by molar-refractivity contribution is 5.87. The molecule has 6 heteroatoms. The highest BCUT2D eigenvalue weighted by atomic mass is 16.5. The molecule has 0 radical (unpaired) electrons. The van der Waals surface area contributed by atoms with E-state index in [1.165, 1.54) is 24.3 Å². The number of carboxylic acid groups (broad SMARTS) is 1. The van der Waals surface area contributed by atoms with Crippen molar-refractivity contribution in [3.63, 3.8) is 0 Å². The first kappa shape index (κ1) is 16.5. The van der Waals surface area contributed by atoms with Crippen LogP contribution in [-0.4, -0.2) is 28.8 Å². The van der Waals surface area contributed by atoms with E-state index < -0.39 is 18.2 Å². The molecule has 1 atom stereocenters. The van der Waals surface area contributed by atoms with E-state index in [1.807, 2.05) is 30.3 Å². The molecule has 0 aliphatic heterocycles. The number of carbonyl (C=O) groups excluding carboxylic acids is 1. The van der Waals surface area contributed by atoms with Gasteiger partial charge in [0.05, 0.1) is 18.2 Å². The first-order valence-corrected chi connectivity index (χ1v) is 7.02. The van der Waals surface area contributed by atoms with Crippen LogP contribution in [0.1, 0.15) is 27.6 Å². The topological polar surface area (TPSA) is 95.9 Å². The molecular formula is C17H17NO5. The summed E-state index contributed by atoms with van der Waals surface area (Å²) in [4.78, 5) is 22.3. The Morgan fingerprint density at radius 3 is 2.30 bits per heavy atom. The molecule has 0 saturated carbocycles. The van der Waals surface area contributed by atoms with Gasteiger partial charge >= 0.3 is 12.1 Å². The molecule has 2 rings (SSSR count). The molecule has 0 bridgehead atoms. The SMILES string of the molecule is O=C(NC[C@H](O)c1ccc(C(=O)O)cc1)OCc1ccccc1. The maximum atomic E-state index is 11.6. The summed E-state index contributed by atoms with van der Waals surface area (Å²) >= 11 is 0. The van der Waals surface area contributed by atoms with E-state index in [9.17, 15) is 14.7 Å². The van der Waals surface area contributed by atoms with Gasteiger partial charge in [-0.25, -0.2) is 9.59 Å². The Hall–Kier alpha value is -2.86. The highest BCUT2D eigenvalue weighted by Gasteiger charge is 2.11. The van der Waals surface area contributed by atoms with Gasteiger partial charge in [0.2, 0.25) is 0 Å². The summed E-state index contributed by atoms with van der Waals surface area (Å²) in [6.45, 7) is 0.121. The number of rotatable bonds is 6. The van der Waals surface area contributed by atoms with Crippen LogP contribution in [0.15, 0.2) is 54.6 Å². The number of carboxylic acids is 1. The second-order valence-electron chi connectivity index (χ2n) is 4.89. The van der Waals surface area contributed by atoms with Crippen LogP contribution in [0.25, 0.3) is 0 Å². The summed E-state index contributed by atoms with van der Waals surface area (Å²) in [7, 11) is 0. The first-order valence-electron chi connectivity index (χ1n) is 7.02. The summed E-state index contributed by atoms with van der Waals surface area (Å²) in [5.74, 6) is -1.03. The maximum absolute atomic E-state index is 11.6. The second kappa shape index (κ2) is 7.95. The number of carbonyl (C=O) groups is 2. The minimum atomic E-state index is -1.03. The number of alkyl carbamates (subject to hydrolysis) is 1. The van der Waals surface area contributed by atoms with Crippen LogP contribution >= 0.6 is 0 Å². The zero-order chi connectivity index (χ0) is 16.7. The lowest BCUT2D eigenvalue weighted by atomic mass is 10.1. The minimum absolute atomic E-state index is 0.0277. The third kappa shape index (κ3) is 5.12. The van der Waals surface area contributed by atoms with Gasteiger partial charge in [-0.2, -0.15) is 0 Å². The molecule has 0 saturated heterocycles. The number of aliphatic hydroxyl groups is 1. The third-order valence-electron chi connectivity index (χ3n) is 3.19. The lowest BCUT2D eigenvalue weighted by Gasteiger charge is -2.12. The van der Waals surface area contributed by atoms with E-state index in [0.717, 1.165) is 5.56 Å². The van der Waals surface area contributed by atoms with Crippen molar-refractivity contribution in [3.8, 4) is 0 Å². The molecule has 0 aliphatic rings. The monoisotopic (exact) mass is 315 g/mol. The molecule has 6 nitrogen and oxygen atoms in total. The van der Waals surface area contributed by atoms with Gasteiger partial charge in [0.1, 0.15) is 6.61 Å². The van der Waals surface area contributed by atoms with Crippen LogP contribution in [0.5, 0.6) is 0 Å². The van der Waals surface area contributed by atoms with Gasteiger partial charge in [-0.05, 0) is 23.3 Å². The van der Waals surface area contributed by atoms with Gasteiger partial charge in [0.25, 0.3) is 0 Å². The molecule has 3 N–H and O–H groups in total. The van der Waals surface area contributed by atoms with Crippen LogP contribution in [-0.2, 0) is 11.3 Å². The molecule has 23 heavy (non-hydrogen) atoms. The van der Waals surface area contributed by atoms with Crippen molar-refractivity contribution >= 4 is 12.1 Å². The highest BCUT2D eigenvalue weighted by Crippen LogP contribution is 2.13. The first-order chi connectivity index (χ1) is 11.1. The van der Waals surface area contributed by atoms with Gasteiger partial charge in [-0.3, -0.25) is 0 Å². The molecule has 0 aliphatic carbocycles. The Morgan fingerprint density at radius 2 is 1.70 bits per heavy atom. The van der Waals surface area contributed by atoms with Crippen LogP contribution in [0.2, 0.25) is 0 Å². The fraction of sp³-hybridized carbons (Fsp3) is 0.176. The van der Waals surface area contributed by atoms with Crippen LogP contribution in [0.4, 0.5) is 4.79 Å². The molecular weight excluding hydrogens is 298 g/mol. The fourth-order valence-corrected chi connectivity index (χ4v) is 1.92. The molecule has 0 heterocycles. The number of ether oxygens (including phenoxy) is 1. The van der Waals surface area contributed by atoms with Crippen molar-refractivity contribution in [3.05, 3.63) is 71.3 Å². The van der Waals surface area contributed by atoms with E-state index in [0.29, 0.717) is 5.56 Å². The number of aliphatic hydroxyl groups excluding tert-OH is 1. The fourth-order valence-electron chi connectivity index (χ4n) is 1.92.